The molecule has 0 radical (unpaired) electrons. The average Bonchev–Trinajstić information content (AvgIpc) is 2.93. The Morgan fingerprint density at radius 2 is 2.20 bits per heavy atom. The van der Waals surface area contributed by atoms with Gasteiger partial charge in [0.1, 0.15) is 6.33 Å². The van der Waals surface area contributed by atoms with E-state index in [1.165, 1.54) is 6.33 Å². The highest BCUT2D eigenvalue weighted by Crippen LogP contribution is 2.28. The van der Waals surface area contributed by atoms with E-state index in [9.17, 15) is 4.79 Å². The van der Waals surface area contributed by atoms with Gasteiger partial charge in [-0.05, 0) is 23.8 Å². The Hall–Kier alpha value is -2.76. The Balaban J connectivity index is 2.06. The number of aliphatic carboxylic acids is 1. The van der Waals surface area contributed by atoms with Crippen LogP contribution >= 0.6 is 0 Å². The smallest absolute Gasteiger partial charge is 0.304 e. The van der Waals surface area contributed by atoms with Gasteiger partial charge in [0.2, 0.25) is 0 Å². The van der Waals surface area contributed by atoms with Gasteiger partial charge >= 0.3 is 5.97 Å². The first kappa shape index (κ1) is 12.3. The summed E-state index contributed by atoms with van der Waals surface area (Å²) < 4.78 is 0. The fraction of sp³-hybridized carbons (Fsp3) is 0.143. The SMILES string of the molecule is O=C(O)CC(c1ccc2nc[nH]c2c1)c1ccncn1. The minimum absolute atomic E-state index is 0.0172. The number of aromatic amines is 1. The largest absolute Gasteiger partial charge is 0.481 e. The summed E-state index contributed by atoms with van der Waals surface area (Å²) in [5.74, 6) is -1.17. The van der Waals surface area contributed by atoms with Gasteiger partial charge in [-0.2, -0.15) is 0 Å². The summed E-state index contributed by atoms with van der Waals surface area (Å²) in [6.45, 7) is 0. The molecule has 0 saturated carbocycles. The number of benzene rings is 1. The molecule has 3 aromatic rings. The normalized spacial score (nSPS) is 12.4. The molecule has 2 heterocycles. The minimum Gasteiger partial charge on any atom is -0.481 e. The molecular formula is C14H12N4O2. The summed E-state index contributed by atoms with van der Waals surface area (Å²) in [5.41, 5.74) is 3.32. The van der Waals surface area contributed by atoms with E-state index in [-0.39, 0.29) is 12.3 Å². The summed E-state index contributed by atoms with van der Waals surface area (Å²) in [7, 11) is 0. The second-order valence-corrected chi connectivity index (χ2v) is 4.46. The molecule has 1 unspecified atom stereocenters. The average molecular weight is 268 g/mol. The third kappa shape index (κ3) is 2.35. The van der Waals surface area contributed by atoms with Crippen molar-refractivity contribution >= 4 is 17.0 Å². The highest BCUT2D eigenvalue weighted by Gasteiger charge is 2.19. The molecule has 1 atom stereocenters. The van der Waals surface area contributed by atoms with Gasteiger partial charge in [0, 0.05) is 12.1 Å². The topological polar surface area (TPSA) is 91.8 Å². The highest BCUT2D eigenvalue weighted by atomic mass is 16.4. The van der Waals surface area contributed by atoms with Gasteiger partial charge < -0.3 is 10.1 Å². The molecule has 1 aromatic carbocycles. The predicted octanol–water partition coefficient (Wildman–Crippen LogP) is 1.96. The Kier molecular flexibility index (Phi) is 3.12. The van der Waals surface area contributed by atoms with E-state index in [0.717, 1.165) is 16.6 Å². The third-order valence-corrected chi connectivity index (χ3v) is 3.19. The molecule has 0 fully saturated rings. The number of carboxylic acids is 1. The zero-order chi connectivity index (χ0) is 13.9. The lowest BCUT2D eigenvalue weighted by molar-refractivity contribution is -0.137. The predicted molar refractivity (Wildman–Crippen MR) is 72.2 cm³/mol. The number of carboxylic acid groups (broad SMARTS) is 1. The Morgan fingerprint density at radius 1 is 1.30 bits per heavy atom. The van der Waals surface area contributed by atoms with Crippen LogP contribution in [0.3, 0.4) is 0 Å². The van der Waals surface area contributed by atoms with Crippen LogP contribution in [-0.2, 0) is 4.79 Å². The van der Waals surface area contributed by atoms with Crippen LogP contribution in [0.2, 0.25) is 0 Å². The van der Waals surface area contributed by atoms with Crippen LogP contribution in [0, 0.1) is 0 Å². The molecule has 2 N–H and O–H groups in total. The highest BCUT2D eigenvalue weighted by molar-refractivity contribution is 5.76. The van der Waals surface area contributed by atoms with E-state index < -0.39 is 5.97 Å². The number of aromatic nitrogens is 4. The van der Waals surface area contributed by atoms with Crippen LogP contribution < -0.4 is 0 Å². The number of fused-ring (bicyclic) bond motifs is 1. The molecule has 0 aliphatic carbocycles. The summed E-state index contributed by atoms with van der Waals surface area (Å²) in [6.07, 6.45) is 4.65. The summed E-state index contributed by atoms with van der Waals surface area (Å²) in [5, 5.41) is 9.12. The van der Waals surface area contributed by atoms with Gasteiger partial charge in [-0.1, -0.05) is 6.07 Å². The quantitative estimate of drug-likeness (QED) is 0.754. The maximum absolute atomic E-state index is 11.1. The summed E-state index contributed by atoms with van der Waals surface area (Å²) in [4.78, 5) is 26.3. The van der Waals surface area contributed by atoms with E-state index in [1.54, 1.807) is 18.6 Å². The van der Waals surface area contributed by atoms with Crippen molar-refractivity contribution in [2.45, 2.75) is 12.3 Å². The lowest BCUT2D eigenvalue weighted by Crippen LogP contribution is -2.09. The number of nitrogens with one attached hydrogen (secondary N) is 1. The van der Waals surface area contributed by atoms with Gasteiger partial charge in [0.05, 0.1) is 29.5 Å². The first-order valence-corrected chi connectivity index (χ1v) is 6.15. The van der Waals surface area contributed by atoms with Crippen molar-refractivity contribution in [1.82, 2.24) is 19.9 Å². The van der Waals surface area contributed by atoms with Crippen LogP contribution in [0.25, 0.3) is 11.0 Å². The van der Waals surface area contributed by atoms with Crippen LogP contribution in [-0.4, -0.2) is 31.0 Å². The number of nitrogens with zero attached hydrogens (tertiary/aromatic N) is 3. The Morgan fingerprint density at radius 3 is 2.95 bits per heavy atom. The molecule has 100 valence electrons. The van der Waals surface area contributed by atoms with Gasteiger partial charge in [-0.3, -0.25) is 4.79 Å². The van der Waals surface area contributed by atoms with E-state index in [0.29, 0.717) is 5.69 Å². The van der Waals surface area contributed by atoms with Crippen molar-refractivity contribution < 1.29 is 9.90 Å². The number of carbonyl (C=O) groups is 1. The molecule has 0 saturated heterocycles. The molecule has 0 spiro atoms. The molecule has 0 amide bonds. The monoisotopic (exact) mass is 268 g/mol. The first-order valence-electron chi connectivity index (χ1n) is 6.15. The molecule has 6 heteroatoms. The van der Waals surface area contributed by atoms with Crippen molar-refractivity contribution in [3.05, 3.63) is 54.4 Å². The van der Waals surface area contributed by atoms with Crippen molar-refractivity contribution in [2.75, 3.05) is 0 Å². The number of hydrogen-bond acceptors (Lipinski definition) is 4. The van der Waals surface area contributed by atoms with Gasteiger partial charge in [0.25, 0.3) is 0 Å². The van der Waals surface area contributed by atoms with E-state index in [1.807, 2.05) is 18.2 Å². The summed E-state index contributed by atoms with van der Waals surface area (Å²) >= 11 is 0. The molecular weight excluding hydrogens is 256 g/mol. The molecule has 6 nitrogen and oxygen atoms in total. The lowest BCUT2D eigenvalue weighted by atomic mass is 9.92. The molecule has 0 bridgehead atoms. The van der Waals surface area contributed by atoms with Gasteiger partial charge in [0.15, 0.2) is 0 Å². The fourth-order valence-electron chi connectivity index (χ4n) is 2.24. The minimum atomic E-state index is -0.863. The van der Waals surface area contributed by atoms with Crippen LogP contribution in [0.5, 0.6) is 0 Å². The van der Waals surface area contributed by atoms with E-state index >= 15 is 0 Å². The second kappa shape index (κ2) is 5.08. The number of H-pyrrole nitrogens is 1. The number of hydrogen-bond donors (Lipinski definition) is 2. The zero-order valence-corrected chi connectivity index (χ0v) is 10.5. The molecule has 3 rings (SSSR count). The third-order valence-electron chi connectivity index (χ3n) is 3.19. The number of imidazole rings is 1. The molecule has 20 heavy (non-hydrogen) atoms. The van der Waals surface area contributed by atoms with Gasteiger partial charge in [-0.15, -0.1) is 0 Å². The second-order valence-electron chi connectivity index (χ2n) is 4.46. The van der Waals surface area contributed by atoms with Crippen LogP contribution in [0.4, 0.5) is 0 Å². The molecule has 0 aliphatic heterocycles. The Labute approximate surface area is 114 Å². The first-order chi connectivity index (χ1) is 9.74. The maximum Gasteiger partial charge on any atom is 0.304 e. The molecule has 0 aliphatic rings. The molecule has 2 aromatic heterocycles. The van der Waals surface area contributed by atoms with Crippen LogP contribution in [0.1, 0.15) is 23.6 Å². The maximum atomic E-state index is 11.1. The number of rotatable bonds is 4. The van der Waals surface area contributed by atoms with E-state index in [2.05, 4.69) is 19.9 Å². The van der Waals surface area contributed by atoms with Gasteiger partial charge in [-0.25, -0.2) is 15.0 Å². The van der Waals surface area contributed by atoms with E-state index in [4.69, 9.17) is 5.11 Å². The Bertz CT molecular complexity index is 739. The van der Waals surface area contributed by atoms with Crippen molar-refractivity contribution in [2.24, 2.45) is 0 Å². The lowest BCUT2D eigenvalue weighted by Gasteiger charge is -2.14. The zero-order valence-electron chi connectivity index (χ0n) is 10.5. The standard InChI is InChI=1S/C14H12N4O2/c19-14(20)6-10(11-3-4-15-7-16-11)9-1-2-12-13(5-9)18-8-17-12/h1-5,7-8,10H,6H2,(H,17,18)(H,19,20). The fourth-order valence-corrected chi connectivity index (χ4v) is 2.24. The van der Waals surface area contributed by atoms with Crippen molar-refractivity contribution in [1.29, 1.82) is 0 Å². The van der Waals surface area contributed by atoms with Crippen molar-refractivity contribution in [3.8, 4) is 0 Å². The van der Waals surface area contributed by atoms with Crippen molar-refractivity contribution in [3.63, 3.8) is 0 Å². The summed E-state index contributed by atoms with van der Waals surface area (Å²) in [6, 6.07) is 7.42. The van der Waals surface area contributed by atoms with Crippen LogP contribution in [0.15, 0.2) is 43.1 Å².